The van der Waals surface area contributed by atoms with Gasteiger partial charge in [-0.2, -0.15) is 0 Å². The van der Waals surface area contributed by atoms with Gasteiger partial charge in [-0.3, -0.25) is 4.79 Å². The van der Waals surface area contributed by atoms with Crippen LogP contribution in [0.1, 0.15) is 51.4 Å². The van der Waals surface area contributed by atoms with Crippen LogP contribution < -0.4 is 0 Å². The summed E-state index contributed by atoms with van der Waals surface area (Å²) in [4.78, 5) is 11.5. The summed E-state index contributed by atoms with van der Waals surface area (Å²) in [5.74, 6) is 6.71. The molecule has 0 saturated carbocycles. The number of carbonyl (C=O) groups is 1. The third kappa shape index (κ3) is 3.10. The lowest BCUT2D eigenvalue weighted by atomic mass is 9.92. The predicted octanol–water partition coefficient (Wildman–Crippen LogP) is 3.56. The van der Waals surface area contributed by atoms with Crippen molar-refractivity contribution in [3.8, 4) is 11.8 Å². The maximum Gasteiger partial charge on any atom is 0.158 e. The first kappa shape index (κ1) is 11.2. The van der Waals surface area contributed by atoms with Gasteiger partial charge in [-0.25, -0.2) is 0 Å². The van der Waals surface area contributed by atoms with E-state index in [0.29, 0.717) is 12.2 Å². The summed E-state index contributed by atoms with van der Waals surface area (Å²) in [6.07, 6.45) is 12.4. The molecular weight excluding hydrogens is 196 g/mol. The highest BCUT2D eigenvalue weighted by atomic mass is 16.1. The SMILES string of the molecule is O=C(CCCC#CC1=CCCC1)C1=CCC1. The molecule has 0 aromatic carbocycles. The fraction of sp³-hybridized carbons (Fsp3) is 0.533. The van der Waals surface area contributed by atoms with E-state index < -0.39 is 0 Å². The van der Waals surface area contributed by atoms with Crippen molar-refractivity contribution in [3.63, 3.8) is 0 Å². The Bertz CT molecular complexity index is 387. The lowest BCUT2D eigenvalue weighted by Crippen LogP contribution is -2.07. The van der Waals surface area contributed by atoms with Crippen molar-refractivity contribution in [2.75, 3.05) is 0 Å². The molecule has 2 rings (SSSR count). The molecule has 0 spiro atoms. The molecule has 0 saturated heterocycles. The molecule has 0 radical (unpaired) electrons. The molecule has 16 heavy (non-hydrogen) atoms. The van der Waals surface area contributed by atoms with E-state index in [-0.39, 0.29) is 0 Å². The Morgan fingerprint density at radius 1 is 1.25 bits per heavy atom. The highest BCUT2D eigenvalue weighted by Crippen LogP contribution is 2.20. The third-order valence-corrected chi connectivity index (χ3v) is 3.16. The van der Waals surface area contributed by atoms with Crippen molar-refractivity contribution in [2.24, 2.45) is 0 Å². The molecule has 2 aliphatic rings. The van der Waals surface area contributed by atoms with E-state index in [1.54, 1.807) is 0 Å². The molecule has 0 bridgehead atoms. The van der Waals surface area contributed by atoms with Gasteiger partial charge in [0.1, 0.15) is 0 Å². The molecule has 0 amide bonds. The first-order chi connectivity index (χ1) is 7.86. The number of unbranched alkanes of at least 4 members (excludes halogenated alkanes) is 1. The summed E-state index contributed by atoms with van der Waals surface area (Å²) in [5, 5.41) is 0. The minimum Gasteiger partial charge on any atom is -0.295 e. The predicted molar refractivity (Wildman–Crippen MR) is 65.9 cm³/mol. The summed E-state index contributed by atoms with van der Waals surface area (Å²) < 4.78 is 0. The van der Waals surface area contributed by atoms with Crippen LogP contribution >= 0.6 is 0 Å². The van der Waals surface area contributed by atoms with Crippen molar-refractivity contribution < 1.29 is 4.79 Å². The summed E-state index contributed by atoms with van der Waals surface area (Å²) >= 11 is 0. The number of hydrogen-bond acceptors (Lipinski definition) is 1. The van der Waals surface area contributed by atoms with Gasteiger partial charge >= 0.3 is 0 Å². The van der Waals surface area contributed by atoms with Crippen LogP contribution in [0.5, 0.6) is 0 Å². The second-order valence-electron chi connectivity index (χ2n) is 4.47. The molecule has 0 aromatic heterocycles. The summed E-state index contributed by atoms with van der Waals surface area (Å²) in [6.45, 7) is 0. The van der Waals surface area contributed by atoms with E-state index in [0.717, 1.165) is 37.7 Å². The maximum absolute atomic E-state index is 11.5. The van der Waals surface area contributed by atoms with Crippen LogP contribution in [0.3, 0.4) is 0 Å². The second kappa shape index (κ2) is 5.70. The zero-order valence-electron chi connectivity index (χ0n) is 9.72. The zero-order valence-corrected chi connectivity index (χ0v) is 9.72. The van der Waals surface area contributed by atoms with Crippen molar-refractivity contribution in [1.29, 1.82) is 0 Å². The maximum atomic E-state index is 11.5. The fourth-order valence-corrected chi connectivity index (χ4v) is 2.00. The molecule has 84 valence electrons. The quantitative estimate of drug-likeness (QED) is 0.516. The number of carbonyl (C=O) groups excluding carboxylic acids is 1. The van der Waals surface area contributed by atoms with Crippen molar-refractivity contribution in [2.45, 2.75) is 51.4 Å². The van der Waals surface area contributed by atoms with Crippen LogP contribution in [0, 0.1) is 11.8 Å². The third-order valence-electron chi connectivity index (χ3n) is 3.16. The molecule has 0 aliphatic heterocycles. The monoisotopic (exact) mass is 214 g/mol. The topological polar surface area (TPSA) is 17.1 Å². The van der Waals surface area contributed by atoms with Crippen LogP contribution in [0.4, 0.5) is 0 Å². The van der Waals surface area contributed by atoms with E-state index in [1.165, 1.54) is 18.4 Å². The van der Waals surface area contributed by atoms with Crippen LogP contribution in [0.2, 0.25) is 0 Å². The minimum absolute atomic E-state index is 0.341. The van der Waals surface area contributed by atoms with Gasteiger partial charge in [-0.05, 0) is 49.7 Å². The molecule has 2 aliphatic carbocycles. The van der Waals surface area contributed by atoms with Gasteiger partial charge < -0.3 is 0 Å². The normalized spacial score (nSPS) is 18.0. The van der Waals surface area contributed by atoms with E-state index in [4.69, 9.17) is 0 Å². The molecule has 1 heteroatoms. The molecular formula is C15H18O. The summed E-state index contributed by atoms with van der Waals surface area (Å²) in [5.41, 5.74) is 2.35. The second-order valence-corrected chi connectivity index (χ2v) is 4.47. The zero-order chi connectivity index (χ0) is 11.2. The minimum atomic E-state index is 0.341. The molecule has 0 fully saturated rings. The van der Waals surface area contributed by atoms with Crippen LogP contribution in [0.15, 0.2) is 23.3 Å². The molecule has 0 N–H and O–H groups in total. The number of hydrogen-bond donors (Lipinski definition) is 0. The first-order valence-corrected chi connectivity index (χ1v) is 6.26. The average Bonchev–Trinajstić information content (AvgIpc) is 2.67. The Labute approximate surface area is 97.6 Å². The Morgan fingerprint density at radius 3 is 2.75 bits per heavy atom. The largest absolute Gasteiger partial charge is 0.295 e. The number of allylic oxidation sites excluding steroid dienone is 4. The van der Waals surface area contributed by atoms with Crippen molar-refractivity contribution >= 4 is 5.78 Å². The van der Waals surface area contributed by atoms with E-state index in [1.807, 2.05) is 0 Å². The lowest BCUT2D eigenvalue weighted by Gasteiger charge is -2.11. The average molecular weight is 214 g/mol. The highest BCUT2D eigenvalue weighted by Gasteiger charge is 2.13. The van der Waals surface area contributed by atoms with E-state index >= 15 is 0 Å². The van der Waals surface area contributed by atoms with E-state index in [2.05, 4.69) is 24.0 Å². The number of ketones is 1. The van der Waals surface area contributed by atoms with Gasteiger partial charge in [0.25, 0.3) is 0 Å². The Kier molecular flexibility index (Phi) is 3.99. The Hall–Kier alpha value is -1.29. The lowest BCUT2D eigenvalue weighted by molar-refractivity contribution is -0.116. The van der Waals surface area contributed by atoms with Gasteiger partial charge in [0, 0.05) is 12.8 Å². The van der Waals surface area contributed by atoms with Gasteiger partial charge in [-0.1, -0.05) is 24.0 Å². The number of rotatable bonds is 4. The van der Waals surface area contributed by atoms with Crippen molar-refractivity contribution in [3.05, 3.63) is 23.3 Å². The smallest absolute Gasteiger partial charge is 0.158 e. The van der Waals surface area contributed by atoms with Crippen LogP contribution in [-0.4, -0.2) is 5.78 Å². The molecule has 1 nitrogen and oxygen atoms in total. The van der Waals surface area contributed by atoms with Gasteiger partial charge in [0.05, 0.1) is 0 Å². The molecule has 0 atom stereocenters. The van der Waals surface area contributed by atoms with Crippen molar-refractivity contribution in [1.82, 2.24) is 0 Å². The molecule has 0 heterocycles. The van der Waals surface area contributed by atoms with E-state index in [9.17, 15) is 4.79 Å². The standard InChI is InChI=1S/C15H18O/c16-15(14-10-6-11-14)12-3-1-2-7-13-8-4-5-9-13/h8,10H,1,3-6,9,11-12H2. The molecule has 0 unspecified atom stereocenters. The van der Waals surface area contributed by atoms with Gasteiger partial charge in [-0.15, -0.1) is 0 Å². The first-order valence-electron chi connectivity index (χ1n) is 6.26. The summed E-state index contributed by atoms with van der Waals surface area (Å²) in [7, 11) is 0. The Morgan fingerprint density at radius 2 is 2.12 bits per heavy atom. The van der Waals surface area contributed by atoms with Gasteiger partial charge in [0.2, 0.25) is 0 Å². The summed E-state index contributed by atoms with van der Waals surface area (Å²) in [6, 6.07) is 0. The van der Waals surface area contributed by atoms with Gasteiger partial charge in [0.15, 0.2) is 5.78 Å². The Balaban J connectivity index is 1.62. The fourth-order valence-electron chi connectivity index (χ4n) is 2.00. The van der Waals surface area contributed by atoms with Crippen LogP contribution in [-0.2, 0) is 4.79 Å². The number of Topliss-reactive ketones (excluding diaryl/α,β-unsaturated/α-hetero) is 1. The van der Waals surface area contributed by atoms with Crippen LogP contribution in [0.25, 0.3) is 0 Å². The highest BCUT2D eigenvalue weighted by molar-refractivity contribution is 5.96. The molecule has 0 aromatic rings.